The molecule has 0 aromatic heterocycles. The molecule has 0 N–H and O–H groups in total. The molecule has 0 heterocycles. The molecule has 2 nitrogen and oxygen atoms in total. The molecule has 1 aliphatic carbocycles. The molecular formula is C4H4Cl2O2. The minimum absolute atomic E-state index is 0.527. The Morgan fingerprint density at radius 3 is 2.25 bits per heavy atom. The van der Waals surface area contributed by atoms with Gasteiger partial charge in [-0.3, -0.25) is 0 Å². The third-order valence-corrected chi connectivity index (χ3v) is 1.80. The summed E-state index contributed by atoms with van der Waals surface area (Å²) in [6.45, 7) is 0. The molecule has 1 fully saturated rings. The number of carbonyl (C=O) groups excluding carboxylic acids is 1. The maximum atomic E-state index is 10.4. The van der Waals surface area contributed by atoms with Crippen LogP contribution in [0.5, 0.6) is 0 Å². The summed E-state index contributed by atoms with van der Waals surface area (Å²) in [4.78, 5) is 9.65. The molecule has 0 aromatic rings. The van der Waals surface area contributed by atoms with E-state index < -0.39 is 10.8 Å². The van der Waals surface area contributed by atoms with E-state index in [-0.39, 0.29) is 0 Å². The van der Waals surface area contributed by atoms with Gasteiger partial charge in [0, 0.05) is 0 Å². The Labute approximate surface area is 56.9 Å². The Kier molecular flexibility index (Phi) is 1.37. The van der Waals surface area contributed by atoms with Gasteiger partial charge in [0.15, 0.2) is 0 Å². The molecule has 0 amide bonds. The molecule has 1 saturated carbocycles. The van der Waals surface area contributed by atoms with Crippen LogP contribution in [0.1, 0.15) is 12.8 Å². The van der Waals surface area contributed by atoms with Crippen molar-refractivity contribution in [1.82, 2.24) is 0 Å². The Hall–Kier alpha value is 0.0500. The number of hydrogen-bond acceptors (Lipinski definition) is 2. The maximum Gasteiger partial charge on any atom is 0.345 e. The van der Waals surface area contributed by atoms with Crippen LogP contribution in [0.15, 0.2) is 0 Å². The van der Waals surface area contributed by atoms with E-state index >= 15 is 0 Å². The lowest BCUT2D eigenvalue weighted by molar-refractivity contribution is -0.134. The van der Waals surface area contributed by atoms with Crippen molar-refractivity contribution in [2.24, 2.45) is 0 Å². The summed E-state index contributed by atoms with van der Waals surface area (Å²) in [6.07, 6.45) is 1.36. The molecule has 8 heavy (non-hydrogen) atoms. The predicted molar refractivity (Wildman–Crippen MR) is 29.8 cm³/mol. The highest BCUT2D eigenvalue weighted by molar-refractivity contribution is 6.37. The highest BCUT2D eigenvalue weighted by atomic mass is 35.5. The third-order valence-electron chi connectivity index (χ3n) is 1.12. The Morgan fingerprint density at radius 2 is 2.12 bits per heavy atom. The fourth-order valence-corrected chi connectivity index (χ4v) is 0.703. The van der Waals surface area contributed by atoms with Gasteiger partial charge in [0.1, 0.15) is 16.7 Å². The van der Waals surface area contributed by atoms with Crippen LogP contribution in [0.25, 0.3) is 0 Å². The first kappa shape index (κ1) is 6.17. The van der Waals surface area contributed by atoms with Gasteiger partial charge >= 0.3 is 5.97 Å². The molecule has 4 heteroatoms. The minimum atomic E-state index is -0.762. The predicted octanol–water partition coefficient (Wildman–Crippen LogP) is 1.45. The van der Waals surface area contributed by atoms with Gasteiger partial charge in [-0.15, -0.1) is 11.6 Å². The lowest BCUT2D eigenvalue weighted by Gasteiger charge is -1.96. The molecule has 1 rings (SSSR count). The first-order valence-corrected chi connectivity index (χ1v) is 2.90. The summed E-state index contributed by atoms with van der Waals surface area (Å²) in [6, 6.07) is 0. The second-order valence-electron chi connectivity index (χ2n) is 1.83. The Morgan fingerprint density at radius 1 is 1.62 bits per heavy atom. The molecule has 1 aliphatic rings. The zero-order valence-corrected chi connectivity index (χ0v) is 5.50. The summed E-state index contributed by atoms with van der Waals surface area (Å²) in [5.74, 6) is -0.527. The topological polar surface area (TPSA) is 26.3 Å². The quantitative estimate of drug-likeness (QED) is 0.535. The molecule has 0 radical (unpaired) electrons. The van der Waals surface area contributed by atoms with Crippen LogP contribution in [-0.4, -0.2) is 10.8 Å². The molecule has 0 aromatic carbocycles. The van der Waals surface area contributed by atoms with Crippen molar-refractivity contribution in [3.05, 3.63) is 0 Å². The van der Waals surface area contributed by atoms with Crippen LogP contribution in [-0.2, 0) is 9.08 Å². The molecule has 0 unspecified atom stereocenters. The van der Waals surface area contributed by atoms with Crippen LogP contribution in [0.2, 0.25) is 0 Å². The van der Waals surface area contributed by atoms with Gasteiger partial charge in [-0.25, -0.2) is 4.79 Å². The molecule has 0 saturated heterocycles. The second-order valence-corrected chi connectivity index (χ2v) is 2.71. The molecular weight excluding hydrogens is 151 g/mol. The van der Waals surface area contributed by atoms with Crippen molar-refractivity contribution >= 4 is 29.4 Å². The van der Waals surface area contributed by atoms with E-state index in [0.29, 0.717) is 12.8 Å². The molecule has 46 valence electrons. The van der Waals surface area contributed by atoms with Crippen molar-refractivity contribution in [3.8, 4) is 0 Å². The van der Waals surface area contributed by atoms with Crippen LogP contribution in [0.3, 0.4) is 0 Å². The van der Waals surface area contributed by atoms with Gasteiger partial charge in [-0.2, -0.15) is 0 Å². The molecule has 0 spiro atoms. The van der Waals surface area contributed by atoms with Crippen molar-refractivity contribution < 1.29 is 9.08 Å². The SMILES string of the molecule is O=C(OCl)C1(Cl)CC1. The normalized spacial score (nSPS) is 22.2. The number of halogens is 2. The van der Waals surface area contributed by atoms with Crippen LogP contribution in [0, 0.1) is 0 Å². The van der Waals surface area contributed by atoms with E-state index in [4.69, 9.17) is 23.5 Å². The average Bonchev–Trinajstić information content (AvgIpc) is 2.47. The van der Waals surface area contributed by atoms with Crippen LogP contribution in [0.4, 0.5) is 0 Å². The zero-order valence-electron chi connectivity index (χ0n) is 3.99. The fraction of sp³-hybridized carbons (Fsp3) is 0.750. The number of hydrogen-bond donors (Lipinski definition) is 0. The summed E-state index contributed by atoms with van der Waals surface area (Å²) in [5.41, 5.74) is 0. The van der Waals surface area contributed by atoms with E-state index in [1.165, 1.54) is 0 Å². The second kappa shape index (κ2) is 1.78. The van der Waals surface area contributed by atoms with E-state index in [1.54, 1.807) is 0 Å². The number of carbonyl (C=O) groups is 1. The highest BCUT2D eigenvalue weighted by Crippen LogP contribution is 2.43. The summed E-state index contributed by atoms with van der Waals surface area (Å²) in [5, 5.41) is 0. The standard InChI is InChI=1S/C4H4Cl2O2/c5-4(1-2-4)3(7)8-6/h1-2H2. The Balaban J connectivity index is 2.46. The minimum Gasteiger partial charge on any atom is -0.346 e. The zero-order chi connectivity index (χ0) is 6.20. The summed E-state index contributed by atoms with van der Waals surface area (Å²) >= 11 is 10.3. The third kappa shape index (κ3) is 0.906. The van der Waals surface area contributed by atoms with E-state index in [9.17, 15) is 4.79 Å². The van der Waals surface area contributed by atoms with Gasteiger partial charge in [0.25, 0.3) is 0 Å². The largest absolute Gasteiger partial charge is 0.346 e. The van der Waals surface area contributed by atoms with E-state index in [0.717, 1.165) is 0 Å². The van der Waals surface area contributed by atoms with Gasteiger partial charge in [0.2, 0.25) is 0 Å². The van der Waals surface area contributed by atoms with Gasteiger partial charge in [-0.1, -0.05) is 0 Å². The highest BCUT2D eigenvalue weighted by Gasteiger charge is 2.50. The van der Waals surface area contributed by atoms with Gasteiger partial charge < -0.3 is 4.29 Å². The van der Waals surface area contributed by atoms with Crippen LogP contribution < -0.4 is 0 Å². The van der Waals surface area contributed by atoms with Gasteiger partial charge in [-0.05, 0) is 12.8 Å². The summed E-state index contributed by atoms with van der Waals surface area (Å²) in [7, 11) is 0. The van der Waals surface area contributed by atoms with E-state index in [2.05, 4.69) is 4.29 Å². The Bertz CT molecular complexity index is 119. The van der Waals surface area contributed by atoms with Crippen molar-refractivity contribution in [1.29, 1.82) is 0 Å². The fourth-order valence-electron chi connectivity index (χ4n) is 0.383. The van der Waals surface area contributed by atoms with Gasteiger partial charge in [0.05, 0.1) is 0 Å². The first-order valence-electron chi connectivity index (χ1n) is 2.21. The number of rotatable bonds is 1. The number of alkyl halides is 1. The summed E-state index contributed by atoms with van der Waals surface area (Å²) < 4.78 is 3.88. The molecule has 0 bridgehead atoms. The lowest BCUT2D eigenvalue weighted by atomic mass is 10.4. The molecule has 0 atom stereocenters. The maximum absolute atomic E-state index is 10.4. The molecule has 0 aliphatic heterocycles. The monoisotopic (exact) mass is 154 g/mol. The van der Waals surface area contributed by atoms with Crippen molar-refractivity contribution in [2.75, 3.05) is 0 Å². The van der Waals surface area contributed by atoms with Crippen LogP contribution >= 0.6 is 23.5 Å². The first-order chi connectivity index (χ1) is 3.69. The average molecular weight is 155 g/mol. The smallest absolute Gasteiger partial charge is 0.345 e. The van der Waals surface area contributed by atoms with Crippen molar-refractivity contribution in [2.45, 2.75) is 17.7 Å². The van der Waals surface area contributed by atoms with E-state index in [1.807, 2.05) is 0 Å². The van der Waals surface area contributed by atoms with Crippen molar-refractivity contribution in [3.63, 3.8) is 0 Å². The lowest BCUT2D eigenvalue weighted by Crippen LogP contribution is -2.14.